The molecule has 0 bridgehead atoms. The summed E-state index contributed by atoms with van der Waals surface area (Å²) in [7, 11) is 0. The van der Waals surface area contributed by atoms with E-state index in [0.717, 1.165) is 28.8 Å². The number of ether oxygens (including phenoxy) is 1. The van der Waals surface area contributed by atoms with Gasteiger partial charge in [-0.1, -0.05) is 0 Å². The number of aliphatic hydroxyl groups excluding tert-OH is 1. The zero-order valence-electron chi connectivity index (χ0n) is 8.73. The molecule has 0 saturated carbocycles. The van der Waals surface area contributed by atoms with E-state index in [4.69, 9.17) is 15.6 Å². The van der Waals surface area contributed by atoms with Crippen molar-refractivity contribution in [3.63, 3.8) is 0 Å². The molecule has 5 nitrogen and oxygen atoms in total. The number of benzene rings is 1. The molecule has 16 heavy (non-hydrogen) atoms. The maximum Gasteiger partial charge on any atom is 0.198 e. The normalized spacial score (nSPS) is 19.4. The minimum absolute atomic E-state index is 0.135. The summed E-state index contributed by atoms with van der Waals surface area (Å²) in [6, 6.07) is 3.83. The van der Waals surface area contributed by atoms with Crippen LogP contribution in [0.4, 0.5) is 5.95 Å². The van der Waals surface area contributed by atoms with Gasteiger partial charge in [-0.3, -0.25) is 0 Å². The third-order valence-corrected chi connectivity index (χ3v) is 2.96. The number of nitrogens with two attached hydrogens (primary N) is 1. The van der Waals surface area contributed by atoms with Gasteiger partial charge in [-0.15, -0.1) is 0 Å². The van der Waals surface area contributed by atoms with E-state index >= 15 is 0 Å². The number of nitrogens with zero attached hydrogens (tertiary/aromatic N) is 1. The summed E-state index contributed by atoms with van der Waals surface area (Å²) >= 11 is 0. The molecule has 1 aromatic heterocycles. The van der Waals surface area contributed by atoms with Crippen molar-refractivity contribution in [3.05, 3.63) is 17.7 Å². The van der Waals surface area contributed by atoms with E-state index in [1.807, 2.05) is 12.1 Å². The van der Waals surface area contributed by atoms with Gasteiger partial charge in [-0.25, -0.2) is 4.98 Å². The number of hydrogen-bond donors (Lipinski definition) is 3. The molecule has 0 amide bonds. The Balaban J connectivity index is 2.17. The van der Waals surface area contributed by atoms with Gasteiger partial charge in [0.05, 0.1) is 17.6 Å². The first-order chi connectivity index (χ1) is 7.78. The van der Waals surface area contributed by atoms with Gasteiger partial charge in [0, 0.05) is 18.1 Å². The Kier molecular flexibility index (Phi) is 2.00. The molecule has 1 aliphatic rings. The zero-order valence-corrected chi connectivity index (χ0v) is 8.73. The van der Waals surface area contributed by atoms with Gasteiger partial charge in [-0.2, -0.15) is 0 Å². The lowest BCUT2D eigenvalue weighted by molar-refractivity contribution is 0.147. The monoisotopic (exact) mass is 219 g/mol. The molecule has 0 spiro atoms. The van der Waals surface area contributed by atoms with Crippen LogP contribution in [-0.2, 0) is 6.42 Å². The van der Waals surface area contributed by atoms with Crippen molar-refractivity contribution in [2.75, 3.05) is 18.9 Å². The number of aliphatic hydroxyl groups is 1. The van der Waals surface area contributed by atoms with Crippen molar-refractivity contribution in [2.45, 2.75) is 6.42 Å². The second-order valence-electron chi connectivity index (χ2n) is 4.12. The number of rotatable bonds is 1. The number of aromatic amines is 1. The Morgan fingerprint density at radius 2 is 2.44 bits per heavy atom. The summed E-state index contributed by atoms with van der Waals surface area (Å²) in [5, 5.41) is 9.16. The molecule has 2 aromatic rings. The molecule has 0 aliphatic carbocycles. The third-order valence-electron chi connectivity index (χ3n) is 2.96. The van der Waals surface area contributed by atoms with Crippen molar-refractivity contribution in [1.82, 2.24) is 9.97 Å². The smallest absolute Gasteiger partial charge is 0.198 e. The minimum Gasteiger partial charge on any atom is -0.493 e. The number of aromatic nitrogens is 2. The first kappa shape index (κ1) is 9.47. The number of H-pyrrole nitrogens is 1. The van der Waals surface area contributed by atoms with Crippen LogP contribution in [0.15, 0.2) is 12.1 Å². The number of fused-ring (bicyclic) bond motifs is 3. The van der Waals surface area contributed by atoms with E-state index < -0.39 is 0 Å². The van der Waals surface area contributed by atoms with E-state index in [1.165, 1.54) is 0 Å². The molecule has 2 heterocycles. The average molecular weight is 219 g/mol. The molecule has 0 fully saturated rings. The van der Waals surface area contributed by atoms with Crippen LogP contribution in [0.1, 0.15) is 5.56 Å². The van der Waals surface area contributed by atoms with Crippen LogP contribution in [-0.4, -0.2) is 28.3 Å². The highest BCUT2D eigenvalue weighted by Crippen LogP contribution is 2.32. The molecule has 0 radical (unpaired) electrons. The Morgan fingerprint density at radius 1 is 1.56 bits per heavy atom. The van der Waals surface area contributed by atoms with Gasteiger partial charge in [-0.05, 0) is 18.6 Å². The van der Waals surface area contributed by atoms with Crippen LogP contribution >= 0.6 is 0 Å². The quantitative estimate of drug-likeness (QED) is 0.658. The summed E-state index contributed by atoms with van der Waals surface area (Å²) in [5.41, 5.74) is 8.44. The zero-order chi connectivity index (χ0) is 11.1. The highest BCUT2D eigenvalue weighted by atomic mass is 16.5. The Morgan fingerprint density at radius 3 is 3.25 bits per heavy atom. The van der Waals surface area contributed by atoms with E-state index in [1.54, 1.807) is 0 Å². The largest absolute Gasteiger partial charge is 0.493 e. The Hall–Kier alpha value is -1.75. The SMILES string of the molecule is Nc1nc2c3c(ccc2[nH]1)OCC(CO)C3. The molecule has 5 heteroatoms. The van der Waals surface area contributed by atoms with E-state index in [0.29, 0.717) is 12.6 Å². The Labute approximate surface area is 92.2 Å². The van der Waals surface area contributed by atoms with E-state index in [2.05, 4.69) is 9.97 Å². The molecule has 1 unspecified atom stereocenters. The van der Waals surface area contributed by atoms with Crippen LogP contribution in [0, 0.1) is 5.92 Å². The summed E-state index contributed by atoms with van der Waals surface area (Å²) in [5.74, 6) is 1.41. The average Bonchev–Trinajstić information content (AvgIpc) is 2.69. The first-order valence-corrected chi connectivity index (χ1v) is 5.28. The fourth-order valence-corrected chi connectivity index (χ4v) is 2.14. The van der Waals surface area contributed by atoms with Crippen LogP contribution < -0.4 is 10.5 Å². The van der Waals surface area contributed by atoms with Crippen LogP contribution in [0.3, 0.4) is 0 Å². The summed E-state index contributed by atoms with van der Waals surface area (Å²) in [6.45, 7) is 0.699. The van der Waals surface area contributed by atoms with Crippen molar-refractivity contribution < 1.29 is 9.84 Å². The van der Waals surface area contributed by atoms with Crippen LogP contribution in [0.2, 0.25) is 0 Å². The molecule has 1 aliphatic heterocycles. The molecule has 84 valence electrons. The predicted octanol–water partition coefficient (Wildman–Crippen LogP) is 0.689. The van der Waals surface area contributed by atoms with Crippen molar-refractivity contribution in [2.24, 2.45) is 5.92 Å². The van der Waals surface area contributed by atoms with Gasteiger partial charge >= 0.3 is 0 Å². The number of nitrogens with one attached hydrogen (secondary N) is 1. The van der Waals surface area contributed by atoms with Gasteiger partial charge in [0.15, 0.2) is 5.95 Å². The third kappa shape index (κ3) is 1.32. The van der Waals surface area contributed by atoms with Crippen molar-refractivity contribution in [3.8, 4) is 5.75 Å². The highest BCUT2D eigenvalue weighted by molar-refractivity contribution is 5.83. The summed E-state index contributed by atoms with van der Waals surface area (Å²) < 4.78 is 5.59. The number of hydrogen-bond acceptors (Lipinski definition) is 4. The molecular formula is C11H13N3O2. The second kappa shape index (κ2) is 3.38. The van der Waals surface area contributed by atoms with Gasteiger partial charge in [0.2, 0.25) is 0 Å². The number of nitrogen functional groups attached to an aromatic ring is 1. The lowest BCUT2D eigenvalue weighted by Crippen LogP contribution is -2.23. The lowest BCUT2D eigenvalue weighted by atomic mass is 9.96. The summed E-state index contributed by atoms with van der Waals surface area (Å²) in [4.78, 5) is 7.25. The summed E-state index contributed by atoms with van der Waals surface area (Å²) in [6.07, 6.45) is 0.785. The topological polar surface area (TPSA) is 84.2 Å². The predicted molar refractivity (Wildman–Crippen MR) is 60.3 cm³/mol. The maximum absolute atomic E-state index is 9.16. The molecule has 4 N–H and O–H groups in total. The Bertz CT molecular complexity index is 535. The van der Waals surface area contributed by atoms with Crippen LogP contribution in [0.5, 0.6) is 5.75 Å². The minimum atomic E-state index is 0.135. The van der Waals surface area contributed by atoms with E-state index in [-0.39, 0.29) is 12.5 Å². The highest BCUT2D eigenvalue weighted by Gasteiger charge is 2.22. The van der Waals surface area contributed by atoms with Crippen LogP contribution in [0.25, 0.3) is 11.0 Å². The fourth-order valence-electron chi connectivity index (χ4n) is 2.14. The van der Waals surface area contributed by atoms with E-state index in [9.17, 15) is 0 Å². The first-order valence-electron chi connectivity index (χ1n) is 5.28. The number of anilines is 1. The molecule has 1 aromatic carbocycles. The van der Waals surface area contributed by atoms with Gasteiger partial charge in [0.25, 0.3) is 0 Å². The fraction of sp³-hybridized carbons (Fsp3) is 0.364. The van der Waals surface area contributed by atoms with Gasteiger partial charge in [0.1, 0.15) is 5.75 Å². The van der Waals surface area contributed by atoms with Crippen molar-refractivity contribution >= 4 is 17.0 Å². The molecule has 3 rings (SSSR count). The lowest BCUT2D eigenvalue weighted by Gasteiger charge is -2.23. The second-order valence-corrected chi connectivity index (χ2v) is 4.12. The van der Waals surface area contributed by atoms with Gasteiger partial charge < -0.3 is 20.6 Å². The molecule has 0 saturated heterocycles. The molecule has 1 atom stereocenters. The number of imidazole rings is 1. The van der Waals surface area contributed by atoms with Crippen molar-refractivity contribution in [1.29, 1.82) is 0 Å². The maximum atomic E-state index is 9.16. The molecular weight excluding hydrogens is 206 g/mol. The standard InChI is InChI=1S/C11H13N3O2/c12-11-13-8-1-2-9-7(10(8)14-11)3-6(4-15)5-16-9/h1-2,6,15H,3-5H2,(H3,12,13,14).